The number of carbonyl (C=O) groups is 1. The monoisotopic (exact) mass is 264 g/mol. The van der Waals surface area contributed by atoms with Gasteiger partial charge in [-0.25, -0.2) is 4.98 Å². The number of pyridine rings is 1. The summed E-state index contributed by atoms with van der Waals surface area (Å²) in [5.74, 6) is 5.48. The van der Waals surface area contributed by atoms with Crippen LogP contribution in [-0.2, 0) is 4.74 Å². The molecule has 104 valence electrons. The summed E-state index contributed by atoms with van der Waals surface area (Å²) in [5, 5.41) is 2.91. The molecule has 6 nitrogen and oxygen atoms in total. The summed E-state index contributed by atoms with van der Waals surface area (Å²) < 4.78 is 5.59. The Kier molecular flexibility index (Phi) is 4.70. The predicted octanol–water partition coefficient (Wildman–Crippen LogP) is 0.912. The second-order valence-electron chi connectivity index (χ2n) is 4.65. The Balaban J connectivity index is 1.86. The Morgan fingerprint density at radius 1 is 1.58 bits per heavy atom. The Morgan fingerprint density at radius 2 is 2.42 bits per heavy atom. The van der Waals surface area contributed by atoms with E-state index in [4.69, 9.17) is 10.6 Å². The number of amides is 1. The van der Waals surface area contributed by atoms with Crippen LogP contribution in [0.4, 0.5) is 5.69 Å². The van der Waals surface area contributed by atoms with E-state index in [0.29, 0.717) is 23.8 Å². The van der Waals surface area contributed by atoms with Crippen molar-refractivity contribution in [3.63, 3.8) is 0 Å². The normalized spacial score (nSPS) is 22.2. The van der Waals surface area contributed by atoms with Gasteiger partial charge in [0.25, 0.3) is 5.91 Å². The van der Waals surface area contributed by atoms with Crippen LogP contribution in [-0.4, -0.2) is 30.1 Å². The molecule has 1 aromatic heterocycles. The van der Waals surface area contributed by atoms with E-state index in [1.54, 1.807) is 12.1 Å². The molecule has 2 atom stereocenters. The molecule has 2 unspecified atom stereocenters. The highest BCUT2D eigenvalue weighted by Gasteiger charge is 2.26. The number of rotatable bonds is 5. The van der Waals surface area contributed by atoms with Gasteiger partial charge in [-0.3, -0.25) is 10.6 Å². The average Bonchev–Trinajstić information content (AvgIpc) is 2.92. The van der Waals surface area contributed by atoms with Crippen molar-refractivity contribution in [3.05, 3.63) is 24.0 Å². The lowest BCUT2D eigenvalue weighted by molar-refractivity contribution is 0.0825. The van der Waals surface area contributed by atoms with E-state index in [0.717, 1.165) is 19.4 Å². The number of nitrogens with two attached hydrogens (primary N) is 1. The molecule has 1 fully saturated rings. The van der Waals surface area contributed by atoms with Crippen LogP contribution >= 0.6 is 0 Å². The lowest BCUT2D eigenvalue weighted by Gasteiger charge is -2.17. The molecule has 2 rings (SSSR count). The summed E-state index contributed by atoms with van der Waals surface area (Å²) in [6, 6.07) is 3.36. The van der Waals surface area contributed by atoms with Gasteiger partial charge in [0.2, 0.25) is 0 Å². The number of nitrogens with one attached hydrogen (secondary N) is 2. The molecule has 19 heavy (non-hydrogen) atoms. The van der Waals surface area contributed by atoms with E-state index < -0.39 is 0 Å². The predicted molar refractivity (Wildman–Crippen MR) is 72.5 cm³/mol. The first kappa shape index (κ1) is 13.8. The van der Waals surface area contributed by atoms with E-state index in [1.807, 2.05) is 0 Å². The largest absolute Gasteiger partial charge is 0.378 e. The van der Waals surface area contributed by atoms with Gasteiger partial charge >= 0.3 is 0 Å². The van der Waals surface area contributed by atoms with Gasteiger partial charge in [0.05, 0.1) is 18.0 Å². The number of anilines is 1. The number of hydrogen-bond donors (Lipinski definition) is 3. The minimum atomic E-state index is -0.162. The standard InChI is InChI=1S/C13H20N4O2/c1-2-12-9(5-6-19-12)7-16-13(18)11-4-3-10(17-14)8-15-11/h3-4,8-9,12,17H,2,5-7,14H2,1H3,(H,16,18). The van der Waals surface area contributed by atoms with Crippen molar-refractivity contribution in [2.24, 2.45) is 11.8 Å². The lowest BCUT2D eigenvalue weighted by Crippen LogP contribution is -2.33. The number of nitrogens with zero attached hydrogens (tertiary/aromatic N) is 1. The summed E-state index contributed by atoms with van der Waals surface area (Å²) >= 11 is 0. The van der Waals surface area contributed by atoms with E-state index >= 15 is 0 Å². The Bertz CT molecular complexity index is 421. The first-order chi connectivity index (χ1) is 9.24. The summed E-state index contributed by atoms with van der Waals surface area (Å²) in [4.78, 5) is 16.0. The molecule has 0 spiro atoms. The Labute approximate surface area is 112 Å². The molecule has 4 N–H and O–H groups in total. The van der Waals surface area contributed by atoms with E-state index in [-0.39, 0.29) is 12.0 Å². The first-order valence-electron chi connectivity index (χ1n) is 6.57. The lowest BCUT2D eigenvalue weighted by atomic mass is 10.00. The molecule has 0 saturated carbocycles. The van der Waals surface area contributed by atoms with Crippen LogP contribution in [0.3, 0.4) is 0 Å². The number of carbonyl (C=O) groups excluding carboxylic acids is 1. The second-order valence-corrected chi connectivity index (χ2v) is 4.65. The van der Waals surface area contributed by atoms with Crippen LogP contribution in [0.5, 0.6) is 0 Å². The number of aromatic nitrogens is 1. The summed E-state index contributed by atoms with van der Waals surface area (Å²) in [6.45, 7) is 3.52. The van der Waals surface area contributed by atoms with E-state index in [9.17, 15) is 4.79 Å². The molecule has 0 radical (unpaired) electrons. The van der Waals surface area contributed by atoms with Gasteiger partial charge < -0.3 is 15.5 Å². The molecular weight excluding hydrogens is 244 g/mol. The minimum absolute atomic E-state index is 0.162. The van der Waals surface area contributed by atoms with Crippen molar-refractivity contribution in [3.8, 4) is 0 Å². The highest BCUT2D eigenvalue weighted by Crippen LogP contribution is 2.22. The smallest absolute Gasteiger partial charge is 0.269 e. The summed E-state index contributed by atoms with van der Waals surface area (Å²) in [5.41, 5.74) is 3.54. The Morgan fingerprint density at radius 3 is 3.05 bits per heavy atom. The van der Waals surface area contributed by atoms with Crippen molar-refractivity contribution in [2.45, 2.75) is 25.9 Å². The molecule has 0 bridgehead atoms. The maximum Gasteiger partial charge on any atom is 0.269 e. The third kappa shape index (κ3) is 3.42. The highest BCUT2D eigenvalue weighted by molar-refractivity contribution is 5.92. The third-order valence-electron chi connectivity index (χ3n) is 3.44. The molecular formula is C13H20N4O2. The molecule has 1 aromatic rings. The maximum atomic E-state index is 11.9. The zero-order valence-corrected chi connectivity index (χ0v) is 11.1. The second kappa shape index (κ2) is 6.49. The molecule has 1 aliphatic heterocycles. The number of hydrazine groups is 1. The van der Waals surface area contributed by atoms with Gasteiger partial charge in [-0.15, -0.1) is 0 Å². The zero-order chi connectivity index (χ0) is 13.7. The molecule has 1 amide bonds. The summed E-state index contributed by atoms with van der Waals surface area (Å²) in [7, 11) is 0. The molecule has 0 aliphatic carbocycles. The number of ether oxygens (including phenoxy) is 1. The van der Waals surface area contributed by atoms with Crippen molar-refractivity contribution >= 4 is 11.6 Å². The maximum absolute atomic E-state index is 11.9. The average molecular weight is 264 g/mol. The summed E-state index contributed by atoms with van der Waals surface area (Å²) in [6.07, 6.45) is 3.78. The fraction of sp³-hybridized carbons (Fsp3) is 0.538. The van der Waals surface area contributed by atoms with E-state index in [2.05, 4.69) is 22.7 Å². The van der Waals surface area contributed by atoms with Crippen LogP contribution < -0.4 is 16.6 Å². The van der Waals surface area contributed by atoms with Crippen LogP contribution in [0.2, 0.25) is 0 Å². The third-order valence-corrected chi connectivity index (χ3v) is 3.44. The molecule has 6 heteroatoms. The van der Waals surface area contributed by atoms with Gasteiger partial charge in [-0.05, 0) is 25.0 Å². The van der Waals surface area contributed by atoms with Gasteiger partial charge in [0.1, 0.15) is 5.69 Å². The van der Waals surface area contributed by atoms with Crippen molar-refractivity contribution in [1.82, 2.24) is 10.3 Å². The zero-order valence-electron chi connectivity index (χ0n) is 11.1. The first-order valence-corrected chi connectivity index (χ1v) is 6.57. The fourth-order valence-electron chi connectivity index (χ4n) is 2.31. The van der Waals surface area contributed by atoms with Gasteiger partial charge in [0, 0.05) is 19.1 Å². The van der Waals surface area contributed by atoms with Crippen molar-refractivity contribution in [1.29, 1.82) is 0 Å². The number of nitrogen functional groups attached to an aromatic ring is 1. The topological polar surface area (TPSA) is 89.3 Å². The van der Waals surface area contributed by atoms with E-state index in [1.165, 1.54) is 6.20 Å². The van der Waals surface area contributed by atoms with Crippen LogP contribution in [0.25, 0.3) is 0 Å². The van der Waals surface area contributed by atoms with Crippen LogP contribution in [0.1, 0.15) is 30.3 Å². The number of hydrogen-bond acceptors (Lipinski definition) is 5. The van der Waals surface area contributed by atoms with Gasteiger partial charge in [-0.1, -0.05) is 6.92 Å². The quantitative estimate of drug-likeness (QED) is 0.543. The van der Waals surface area contributed by atoms with Crippen molar-refractivity contribution < 1.29 is 9.53 Å². The molecule has 1 saturated heterocycles. The highest BCUT2D eigenvalue weighted by atomic mass is 16.5. The molecule has 2 heterocycles. The molecule has 0 aromatic carbocycles. The molecule has 1 aliphatic rings. The minimum Gasteiger partial charge on any atom is -0.378 e. The Hall–Kier alpha value is -1.66. The SMILES string of the molecule is CCC1OCCC1CNC(=O)c1ccc(NN)cn1. The van der Waals surface area contributed by atoms with Crippen LogP contribution in [0, 0.1) is 5.92 Å². The van der Waals surface area contributed by atoms with Gasteiger partial charge in [-0.2, -0.15) is 0 Å². The van der Waals surface area contributed by atoms with Crippen molar-refractivity contribution in [2.75, 3.05) is 18.6 Å². The fourth-order valence-corrected chi connectivity index (χ4v) is 2.31. The van der Waals surface area contributed by atoms with Gasteiger partial charge in [0.15, 0.2) is 0 Å². The van der Waals surface area contributed by atoms with Crippen LogP contribution in [0.15, 0.2) is 18.3 Å².